The number of nitrogens with one attached hydrogen (secondary N) is 2. The van der Waals surface area contributed by atoms with Crippen LogP contribution in [-0.2, 0) is 4.79 Å². The second kappa shape index (κ2) is 8.05. The highest BCUT2D eigenvalue weighted by molar-refractivity contribution is 6.33. The molecule has 0 aliphatic rings. The lowest BCUT2D eigenvalue weighted by Gasteiger charge is -2.04. The summed E-state index contributed by atoms with van der Waals surface area (Å²) in [5, 5.41) is 6.24. The lowest BCUT2D eigenvalue weighted by molar-refractivity contribution is -0.120. The fourth-order valence-electron chi connectivity index (χ4n) is 1.69. The van der Waals surface area contributed by atoms with Gasteiger partial charge in [-0.05, 0) is 24.3 Å². The summed E-state index contributed by atoms with van der Waals surface area (Å²) in [6.45, 7) is -0.254. The van der Waals surface area contributed by atoms with E-state index in [0.717, 1.165) is 6.21 Å². The van der Waals surface area contributed by atoms with Crippen molar-refractivity contribution in [3.05, 3.63) is 70.5 Å². The number of carbonyl (C=O) groups is 2. The predicted octanol–water partition coefficient (Wildman–Crippen LogP) is 2.36. The lowest BCUT2D eigenvalue weighted by Crippen LogP contribution is -2.34. The zero-order chi connectivity index (χ0) is 16.7. The summed E-state index contributed by atoms with van der Waals surface area (Å²) in [6.07, 6.45) is 1.11. The molecule has 5 nitrogen and oxygen atoms in total. The number of carbonyl (C=O) groups excluding carboxylic acids is 2. The summed E-state index contributed by atoms with van der Waals surface area (Å²) in [4.78, 5) is 23.3. The topological polar surface area (TPSA) is 70.6 Å². The smallest absolute Gasteiger partial charge is 0.259 e. The first-order valence-corrected chi connectivity index (χ1v) is 7.05. The average Bonchev–Trinajstić information content (AvgIpc) is 2.56. The largest absolute Gasteiger partial charge is 0.343 e. The molecule has 0 radical (unpaired) electrons. The minimum atomic E-state index is -0.548. The van der Waals surface area contributed by atoms with Gasteiger partial charge < -0.3 is 5.32 Å². The Balaban J connectivity index is 1.84. The summed E-state index contributed by atoms with van der Waals surface area (Å²) < 4.78 is 13.5. The van der Waals surface area contributed by atoms with Crippen molar-refractivity contribution >= 4 is 29.6 Å². The Bertz CT molecular complexity index is 715. The summed E-state index contributed by atoms with van der Waals surface area (Å²) in [5.74, 6) is -1.47. The van der Waals surface area contributed by atoms with E-state index in [1.807, 2.05) is 0 Å². The Morgan fingerprint density at radius 3 is 2.57 bits per heavy atom. The summed E-state index contributed by atoms with van der Waals surface area (Å²) in [7, 11) is 0. The van der Waals surface area contributed by atoms with E-state index in [9.17, 15) is 14.0 Å². The number of amides is 2. The van der Waals surface area contributed by atoms with Gasteiger partial charge in [0, 0.05) is 11.1 Å². The molecule has 0 saturated carbocycles. The van der Waals surface area contributed by atoms with Crippen LogP contribution in [0, 0.1) is 5.82 Å². The van der Waals surface area contributed by atoms with Crippen molar-refractivity contribution in [1.29, 1.82) is 0 Å². The molecule has 2 aromatic carbocycles. The quantitative estimate of drug-likeness (QED) is 0.651. The molecule has 23 heavy (non-hydrogen) atoms. The Morgan fingerprint density at radius 1 is 1.13 bits per heavy atom. The highest BCUT2D eigenvalue weighted by Crippen LogP contribution is 2.16. The third-order valence-electron chi connectivity index (χ3n) is 2.83. The number of hydrogen-bond donors (Lipinski definition) is 2. The Hall–Kier alpha value is -2.73. The van der Waals surface area contributed by atoms with Gasteiger partial charge in [0.25, 0.3) is 11.8 Å². The third kappa shape index (κ3) is 4.89. The van der Waals surface area contributed by atoms with Crippen LogP contribution in [0.5, 0.6) is 0 Å². The monoisotopic (exact) mass is 333 g/mol. The van der Waals surface area contributed by atoms with Crippen molar-refractivity contribution in [1.82, 2.24) is 10.7 Å². The second-order valence-corrected chi connectivity index (χ2v) is 4.88. The zero-order valence-electron chi connectivity index (χ0n) is 11.9. The minimum absolute atomic E-state index is 0.0720. The molecule has 2 N–H and O–H groups in total. The molecule has 0 atom stereocenters. The normalized spacial score (nSPS) is 10.5. The zero-order valence-corrected chi connectivity index (χ0v) is 12.7. The highest BCUT2D eigenvalue weighted by atomic mass is 35.5. The molecule has 0 aliphatic carbocycles. The van der Waals surface area contributed by atoms with Gasteiger partial charge in [0.2, 0.25) is 0 Å². The molecule has 0 fully saturated rings. The van der Waals surface area contributed by atoms with E-state index >= 15 is 0 Å². The SMILES string of the molecule is O=C(CNC(=O)c1ccccc1)N/N=C/c1c(F)cccc1Cl. The molecule has 0 unspecified atom stereocenters. The molecule has 2 amide bonds. The van der Waals surface area contributed by atoms with Crippen LogP contribution >= 0.6 is 11.6 Å². The third-order valence-corrected chi connectivity index (χ3v) is 3.16. The van der Waals surface area contributed by atoms with Crippen molar-refractivity contribution in [2.75, 3.05) is 6.54 Å². The highest BCUT2D eigenvalue weighted by Gasteiger charge is 2.07. The van der Waals surface area contributed by atoms with Crippen molar-refractivity contribution in [3.8, 4) is 0 Å². The molecular weight excluding hydrogens is 321 g/mol. The van der Waals surface area contributed by atoms with E-state index in [-0.39, 0.29) is 23.0 Å². The van der Waals surface area contributed by atoms with Crippen molar-refractivity contribution in [2.24, 2.45) is 5.10 Å². The number of nitrogens with zero attached hydrogens (tertiary/aromatic N) is 1. The summed E-state index contributed by atoms with van der Waals surface area (Å²) in [5.41, 5.74) is 2.70. The van der Waals surface area contributed by atoms with Gasteiger partial charge in [-0.25, -0.2) is 9.82 Å². The molecule has 0 spiro atoms. The molecule has 2 rings (SSSR count). The van der Waals surface area contributed by atoms with E-state index in [0.29, 0.717) is 5.56 Å². The van der Waals surface area contributed by atoms with Crippen LogP contribution in [0.25, 0.3) is 0 Å². The fourth-order valence-corrected chi connectivity index (χ4v) is 1.91. The average molecular weight is 334 g/mol. The van der Waals surface area contributed by atoms with Crippen LogP contribution in [-0.4, -0.2) is 24.6 Å². The number of benzene rings is 2. The van der Waals surface area contributed by atoms with E-state index in [1.165, 1.54) is 18.2 Å². The van der Waals surface area contributed by atoms with Crippen molar-refractivity contribution in [2.45, 2.75) is 0 Å². The lowest BCUT2D eigenvalue weighted by atomic mass is 10.2. The van der Waals surface area contributed by atoms with Crippen LogP contribution in [0.1, 0.15) is 15.9 Å². The van der Waals surface area contributed by atoms with E-state index < -0.39 is 11.7 Å². The maximum absolute atomic E-state index is 13.5. The molecule has 0 aliphatic heterocycles. The first-order valence-electron chi connectivity index (χ1n) is 6.67. The number of hydrazone groups is 1. The van der Waals surface area contributed by atoms with Gasteiger partial charge in [-0.2, -0.15) is 5.10 Å². The minimum Gasteiger partial charge on any atom is -0.343 e. The van der Waals surface area contributed by atoms with Gasteiger partial charge in [-0.3, -0.25) is 9.59 Å². The Labute approximate surface area is 137 Å². The number of rotatable bonds is 5. The van der Waals surface area contributed by atoms with Crippen molar-refractivity contribution in [3.63, 3.8) is 0 Å². The van der Waals surface area contributed by atoms with Crippen LogP contribution in [0.4, 0.5) is 4.39 Å². The number of hydrogen-bond acceptors (Lipinski definition) is 3. The predicted molar refractivity (Wildman–Crippen MR) is 85.9 cm³/mol. The van der Waals surface area contributed by atoms with Gasteiger partial charge in [-0.15, -0.1) is 0 Å². The van der Waals surface area contributed by atoms with Crippen LogP contribution in [0.3, 0.4) is 0 Å². The van der Waals surface area contributed by atoms with Gasteiger partial charge in [0.05, 0.1) is 17.8 Å². The second-order valence-electron chi connectivity index (χ2n) is 4.48. The Kier molecular flexibility index (Phi) is 5.82. The number of halogens is 2. The summed E-state index contributed by atoms with van der Waals surface area (Å²) in [6, 6.07) is 12.7. The molecule has 0 aromatic heterocycles. The van der Waals surface area contributed by atoms with Gasteiger partial charge in [0.15, 0.2) is 0 Å². The summed E-state index contributed by atoms with van der Waals surface area (Å²) >= 11 is 5.81. The van der Waals surface area contributed by atoms with Crippen molar-refractivity contribution < 1.29 is 14.0 Å². The molecule has 2 aromatic rings. The van der Waals surface area contributed by atoms with E-state index in [2.05, 4.69) is 15.8 Å². The van der Waals surface area contributed by atoms with Gasteiger partial charge >= 0.3 is 0 Å². The van der Waals surface area contributed by atoms with Crippen LogP contribution < -0.4 is 10.7 Å². The first kappa shape index (κ1) is 16.6. The molecular formula is C16H13ClFN3O2. The van der Waals surface area contributed by atoms with E-state index in [1.54, 1.807) is 30.3 Å². The molecule has 0 bridgehead atoms. The van der Waals surface area contributed by atoms with E-state index in [4.69, 9.17) is 11.6 Å². The Morgan fingerprint density at radius 2 is 1.87 bits per heavy atom. The molecule has 0 saturated heterocycles. The molecule has 118 valence electrons. The van der Waals surface area contributed by atoms with Gasteiger partial charge in [-0.1, -0.05) is 35.9 Å². The van der Waals surface area contributed by atoms with Crippen LogP contribution in [0.2, 0.25) is 5.02 Å². The first-order chi connectivity index (χ1) is 11.1. The molecule has 0 heterocycles. The maximum Gasteiger partial charge on any atom is 0.259 e. The standard InChI is InChI=1S/C16H13ClFN3O2/c17-13-7-4-8-14(18)12(13)9-20-21-15(22)10-19-16(23)11-5-2-1-3-6-11/h1-9H,10H2,(H,19,23)(H,21,22)/b20-9+. The molecule has 7 heteroatoms. The van der Waals surface area contributed by atoms with Gasteiger partial charge in [0.1, 0.15) is 5.82 Å². The fraction of sp³-hybridized carbons (Fsp3) is 0.0625. The maximum atomic E-state index is 13.5. The van der Waals surface area contributed by atoms with Crippen LogP contribution in [0.15, 0.2) is 53.6 Å².